The summed E-state index contributed by atoms with van der Waals surface area (Å²) in [5, 5.41) is 46.2. The van der Waals surface area contributed by atoms with E-state index in [1.54, 1.807) is 11.9 Å². The molecular formula is C31H56N2O8S. The molecule has 10 nitrogen and oxygen atoms in total. The number of hydrogen-bond acceptors (Lipinski definition) is 8. The van der Waals surface area contributed by atoms with Gasteiger partial charge in [0.15, 0.2) is 0 Å². The Balaban J connectivity index is 1.26. The molecular weight excluding hydrogens is 560 g/mol. The van der Waals surface area contributed by atoms with Crippen molar-refractivity contribution in [2.45, 2.75) is 109 Å². The molecule has 4 saturated carbocycles. The van der Waals surface area contributed by atoms with E-state index in [1.807, 2.05) is 0 Å². The van der Waals surface area contributed by atoms with E-state index >= 15 is 0 Å². The van der Waals surface area contributed by atoms with Crippen LogP contribution in [0.4, 0.5) is 0 Å². The van der Waals surface area contributed by atoms with E-state index < -0.39 is 28.1 Å². The highest BCUT2D eigenvalue weighted by Crippen LogP contribution is 2.68. The molecule has 11 heteroatoms. The van der Waals surface area contributed by atoms with Crippen molar-refractivity contribution in [3.63, 3.8) is 0 Å². The first-order valence-corrected chi connectivity index (χ1v) is 17.8. The predicted molar refractivity (Wildman–Crippen MR) is 160 cm³/mol. The lowest BCUT2D eigenvalue weighted by molar-refractivity contribution is -0.207. The second-order valence-corrected chi connectivity index (χ2v) is 16.4. The van der Waals surface area contributed by atoms with E-state index in [-0.39, 0.29) is 59.2 Å². The van der Waals surface area contributed by atoms with Gasteiger partial charge in [-0.05, 0) is 118 Å². The summed E-state index contributed by atoms with van der Waals surface area (Å²) in [5.74, 6) is 0.874. The van der Waals surface area contributed by atoms with Crippen LogP contribution in [0.1, 0.15) is 85.0 Å². The van der Waals surface area contributed by atoms with Crippen LogP contribution in [-0.4, -0.2) is 101 Å². The molecule has 1 unspecified atom stereocenters. The Labute approximate surface area is 252 Å². The Morgan fingerprint density at radius 3 is 2.48 bits per heavy atom. The monoisotopic (exact) mass is 616 g/mol. The number of likely N-dealkylation sites (N-methyl/N-ethyl adjacent to an activating group) is 1. The molecule has 0 saturated heterocycles. The quantitative estimate of drug-likeness (QED) is 0.142. The highest BCUT2D eigenvalue weighted by atomic mass is 32.2. The minimum absolute atomic E-state index is 0.0129. The van der Waals surface area contributed by atoms with E-state index in [2.05, 4.69) is 26.1 Å². The fourth-order valence-electron chi connectivity index (χ4n) is 10.1. The van der Waals surface area contributed by atoms with Crippen molar-refractivity contribution >= 4 is 16.0 Å². The number of aliphatic hydroxyl groups is 4. The molecule has 4 rings (SSSR count). The number of carbonyl (C=O) groups excluding carboxylic acids is 1. The van der Waals surface area contributed by atoms with Gasteiger partial charge in [-0.15, -0.1) is 0 Å². The molecule has 4 fully saturated rings. The largest absolute Gasteiger partial charge is 0.393 e. The van der Waals surface area contributed by atoms with Crippen LogP contribution in [0.2, 0.25) is 0 Å². The predicted octanol–water partition coefficient (Wildman–Crippen LogP) is 2.05. The van der Waals surface area contributed by atoms with Gasteiger partial charge in [-0.3, -0.25) is 9.35 Å². The molecule has 1 amide bonds. The molecule has 0 aromatic rings. The summed E-state index contributed by atoms with van der Waals surface area (Å²) in [6.07, 6.45) is 5.52. The maximum absolute atomic E-state index is 12.6. The van der Waals surface area contributed by atoms with Crippen LogP contribution in [0.25, 0.3) is 0 Å². The van der Waals surface area contributed by atoms with Crippen molar-refractivity contribution in [2.24, 2.45) is 46.3 Å². The summed E-state index contributed by atoms with van der Waals surface area (Å²) in [4.78, 5) is 14.4. The van der Waals surface area contributed by atoms with Crippen molar-refractivity contribution in [1.29, 1.82) is 0 Å². The van der Waals surface area contributed by atoms with Crippen LogP contribution in [0.3, 0.4) is 0 Å². The van der Waals surface area contributed by atoms with Crippen LogP contribution >= 0.6 is 0 Å². The molecule has 0 aromatic heterocycles. The summed E-state index contributed by atoms with van der Waals surface area (Å²) >= 11 is 0. The normalized spacial score (nSPS) is 41.5. The topological polar surface area (TPSA) is 168 Å². The van der Waals surface area contributed by atoms with Crippen molar-refractivity contribution in [3.05, 3.63) is 0 Å². The number of carbonyl (C=O) groups is 1. The lowest BCUT2D eigenvalue weighted by Gasteiger charge is -2.63. The van der Waals surface area contributed by atoms with Gasteiger partial charge in [0, 0.05) is 19.5 Å². The van der Waals surface area contributed by atoms with Crippen molar-refractivity contribution in [3.8, 4) is 0 Å². The minimum atomic E-state index is -4.22. The van der Waals surface area contributed by atoms with Crippen LogP contribution in [-0.2, 0) is 14.9 Å². The van der Waals surface area contributed by atoms with Crippen LogP contribution < -0.4 is 5.32 Å². The molecule has 6 N–H and O–H groups in total. The fourth-order valence-corrected chi connectivity index (χ4v) is 10.7. The van der Waals surface area contributed by atoms with E-state index in [0.29, 0.717) is 44.2 Å². The van der Waals surface area contributed by atoms with E-state index in [4.69, 9.17) is 4.55 Å². The van der Waals surface area contributed by atoms with Crippen LogP contribution in [0, 0.1) is 46.3 Å². The standard InChI is InChI=1S/C31H56N2O8S/c1-19(6-9-28(38)32-12-5-13-33(4)17-22(35)18-42(39,40)41)23-7-8-24-29-25(16-27(37)31(23,24)3)30(2)11-10-21(34)14-20(30)15-26(29)36/h19-27,29,34-37H,5-18H2,1-4H3,(H,32,38)(H,39,40,41)/t19-,20+,21-,22?,23-,24+,25+,26-,27+,29+,30+,31-/m1/s1. The second-order valence-electron chi connectivity index (χ2n) is 14.9. The van der Waals surface area contributed by atoms with Gasteiger partial charge in [0.2, 0.25) is 5.91 Å². The number of nitrogens with one attached hydrogen (secondary N) is 1. The summed E-state index contributed by atoms with van der Waals surface area (Å²) in [7, 11) is -2.47. The smallest absolute Gasteiger partial charge is 0.267 e. The molecule has 0 spiro atoms. The molecule has 0 heterocycles. The Bertz CT molecular complexity index is 1040. The Hall–Kier alpha value is -0.820. The highest BCUT2D eigenvalue weighted by molar-refractivity contribution is 7.85. The first-order valence-electron chi connectivity index (χ1n) is 16.2. The fraction of sp³-hybridized carbons (Fsp3) is 0.968. The Morgan fingerprint density at radius 1 is 1.07 bits per heavy atom. The SMILES string of the molecule is C[C@H](CCC(=O)NCCCN(C)CC(O)CS(=O)(=O)O)[C@H]1CC[C@H]2[C@@H]3[C@H](O)C[C@@H]4C[C@H](O)CC[C@]4(C)[C@H]3C[C@H](O)[C@]12C. The average Bonchev–Trinajstić information content (AvgIpc) is 3.24. The van der Waals surface area contributed by atoms with Gasteiger partial charge < -0.3 is 30.6 Å². The number of nitrogens with zero attached hydrogens (tertiary/aromatic N) is 1. The highest BCUT2D eigenvalue weighted by Gasteiger charge is 2.65. The average molecular weight is 617 g/mol. The molecule has 4 aliphatic rings. The zero-order chi connectivity index (χ0) is 31.0. The first kappa shape index (κ1) is 34.1. The van der Waals surface area contributed by atoms with Crippen molar-refractivity contribution in [2.75, 3.05) is 32.4 Å². The van der Waals surface area contributed by atoms with Gasteiger partial charge in [-0.25, -0.2) is 0 Å². The van der Waals surface area contributed by atoms with Gasteiger partial charge in [0.05, 0.1) is 24.4 Å². The van der Waals surface area contributed by atoms with Gasteiger partial charge in [0.25, 0.3) is 10.1 Å². The molecule has 4 aliphatic carbocycles. The third kappa shape index (κ3) is 7.18. The van der Waals surface area contributed by atoms with Gasteiger partial charge >= 0.3 is 0 Å². The zero-order valence-corrected chi connectivity index (χ0v) is 26.8. The number of fused-ring (bicyclic) bond motifs is 5. The second kappa shape index (κ2) is 13.3. The van der Waals surface area contributed by atoms with Crippen LogP contribution in [0.5, 0.6) is 0 Å². The lowest BCUT2D eigenvalue weighted by Crippen LogP contribution is -2.62. The molecule has 0 aliphatic heterocycles. The Kier molecular flexibility index (Phi) is 10.8. The molecule has 0 radical (unpaired) electrons. The molecule has 0 aromatic carbocycles. The van der Waals surface area contributed by atoms with E-state index in [9.17, 15) is 33.6 Å². The molecule has 0 bridgehead atoms. The summed E-state index contributed by atoms with van der Waals surface area (Å²) < 4.78 is 30.6. The zero-order valence-electron chi connectivity index (χ0n) is 26.0. The Morgan fingerprint density at radius 2 is 1.79 bits per heavy atom. The van der Waals surface area contributed by atoms with Gasteiger partial charge in [-0.1, -0.05) is 20.8 Å². The van der Waals surface area contributed by atoms with E-state index in [0.717, 1.165) is 44.9 Å². The number of rotatable bonds is 12. The third-order valence-electron chi connectivity index (χ3n) is 12.3. The maximum Gasteiger partial charge on any atom is 0.267 e. The van der Waals surface area contributed by atoms with Crippen LogP contribution in [0.15, 0.2) is 0 Å². The summed E-state index contributed by atoms with van der Waals surface area (Å²) in [6, 6.07) is 0. The third-order valence-corrected chi connectivity index (χ3v) is 13.1. The lowest BCUT2D eigenvalue weighted by atomic mass is 9.43. The maximum atomic E-state index is 12.6. The number of aliphatic hydroxyl groups excluding tert-OH is 4. The summed E-state index contributed by atoms with van der Waals surface area (Å²) in [5.41, 5.74) is -0.220. The summed E-state index contributed by atoms with van der Waals surface area (Å²) in [6.45, 7) is 7.94. The minimum Gasteiger partial charge on any atom is -0.393 e. The number of hydrogen-bond donors (Lipinski definition) is 6. The van der Waals surface area contributed by atoms with Crippen molar-refractivity contribution in [1.82, 2.24) is 10.2 Å². The van der Waals surface area contributed by atoms with Crippen molar-refractivity contribution < 1.29 is 38.2 Å². The van der Waals surface area contributed by atoms with Gasteiger partial charge in [0.1, 0.15) is 5.75 Å². The van der Waals surface area contributed by atoms with E-state index in [1.165, 1.54) is 0 Å². The molecule has 244 valence electrons. The van der Waals surface area contributed by atoms with Gasteiger partial charge in [-0.2, -0.15) is 8.42 Å². The first-order chi connectivity index (χ1) is 19.6. The molecule has 12 atom stereocenters. The molecule has 42 heavy (non-hydrogen) atoms. The number of amides is 1.